The number of nitrogens with one attached hydrogen (secondary N) is 1. The summed E-state index contributed by atoms with van der Waals surface area (Å²) in [4.78, 5) is 10.8. The first kappa shape index (κ1) is 19.1. The first-order valence-corrected chi connectivity index (χ1v) is 8.87. The van der Waals surface area contributed by atoms with E-state index in [4.69, 9.17) is 25.4 Å². The van der Waals surface area contributed by atoms with Crippen LogP contribution in [0.25, 0.3) is 0 Å². The number of methoxy groups -OCH3 is 1. The Bertz CT molecular complexity index is 799. The summed E-state index contributed by atoms with van der Waals surface area (Å²) >= 11 is 0. The van der Waals surface area contributed by atoms with Gasteiger partial charge in [0.2, 0.25) is 0 Å². The molecule has 1 aromatic carbocycles. The van der Waals surface area contributed by atoms with Gasteiger partial charge in [0, 0.05) is 37.5 Å². The zero-order valence-corrected chi connectivity index (χ0v) is 15.6. The molecule has 3 N–H and O–H groups in total. The lowest BCUT2D eigenvalue weighted by Crippen LogP contribution is -2.41. The number of hydrogen-bond donors (Lipinski definition) is 2. The summed E-state index contributed by atoms with van der Waals surface area (Å²) in [5, 5.41) is 8.58. The standard InChI is InChI=1S/C19H25N5O3/c1-13-11-24(5-6-26-13)18-10-17(22-12-23-18)19(21)15-9-14(3-4-16(15)20)27-8-7-25-2/h3-4,9-10,12-13,21H,5-8,11,20H2,1-2H3. The molecule has 0 bridgehead atoms. The highest BCUT2D eigenvalue weighted by molar-refractivity contribution is 6.13. The van der Waals surface area contributed by atoms with Crippen molar-refractivity contribution in [2.75, 3.05) is 50.7 Å². The van der Waals surface area contributed by atoms with E-state index in [2.05, 4.69) is 14.9 Å². The van der Waals surface area contributed by atoms with E-state index in [-0.39, 0.29) is 11.8 Å². The van der Waals surface area contributed by atoms with Crippen molar-refractivity contribution in [3.63, 3.8) is 0 Å². The van der Waals surface area contributed by atoms with Gasteiger partial charge in [-0.1, -0.05) is 0 Å². The fourth-order valence-electron chi connectivity index (χ4n) is 2.91. The molecular weight excluding hydrogens is 346 g/mol. The zero-order chi connectivity index (χ0) is 19.2. The third-order valence-electron chi connectivity index (χ3n) is 4.32. The quantitative estimate of drug-likeness (QED) is 0.433. The van der Waals surface area contributed by atoms with E-state index in [0.717, 1.165) is 18.9 Å². The fourth-order valence-corrected chi connectivity index (χ4v) is 2.91. The van der Waals surface area contributed by atoms with Crippen LogP contribution >= 0.6 is 0 Å². The lowest BCUT2D eigenvalue weighted by atomic mass is 10.0. The third-order valence-corrected chi connectivity index (χ3v) is 4.32. The first-order chi connectivity index (χ1) is 13.1. The van der Waals surface area contributed by atoms with Gasteiger partial charge in [-0.3, -0.25) is 5.41 Å². The fraction of sp³-hybridized carbons (Fsp3) is 0.421. The van der Waals surface area contributed by atoms with Gasteiger partial charge in [0.1, 0.15) is 24.5 Å². The predicted octanol–water partition coefficient (Wildman–Crippen LogP) is 1.73. The second-order valence-electron chi connectivity index (χ2n) is 6.35. The summed E-state index contributed by atoms with van der Waals surface area (Å²) < 4.78 is 16.2. The van der Waals surface area contributed by atoms with E-state index < -0.39 is 0 Å². The second kappa shape index (κ2) is 8.79. The molecule has 8 heteroatoms. The number of hydrogen-bond acceptors (Lipinski definition) is 8. The molecule has 2 aromatic rings. The van der Waals surface area contributed by atoms with Crippen molar-refractivity contribution in [3.8, 4) is 5.75 Å². The highest BCUT2D eigenvalue weighted by atomic mass is 16.5. The molecule has 0 amide bonds. The largest absolute Gasteiger partial charge is 0.491 e. The number of nitrogens with two attached hydrogens (primary N) is 1. The molecule has 27 heavy (non-hydrogen) atoms. The smallest absolute Gasteiger partial charge is 0.132 e. The van der Waals surface area contributed by atoms with E-state index in [1.54, 1.807) is 25.3 Å². The van der Waals surface area contributed by atoms with Crippen molar-refractivity contribution in [1.82, 2.24) is 9.97 Å². The van der Waals surface area contributed by atoms with Crippen LogP contribution in [0.15, 0.2) is 30.6 Å². The molecule has 0 saturated carbocycles. The summed E-state index contributed by atoms with van der Waals surface area (Å²) in [6, 6.07) is 7.09. The Morgan fingerprint density at radius 2 is 2.19 bits per heavy atom. The molecule has 144 valence electrons. The number of aromatic nitrogens is 2. The monoisotopic (exact) mass is 371 g/mol. The Hall–Kier alpha value is -2.71. The van der Waals surface area contributed by atoms with E-state index in [9.17, 15) is 0 Å². The van der Waals surface area contributed by atoms with Crippen molar-refractivity contribution >= 4 is 17.2 Å². The van der Waals surface area contributed by atoms with Gasteiger partial charge < -0.3 is 24.8 Å². The van der Waals surface area contributed by atoms with Gasteiger partial charge in [-0.05, 0) is 25.1 Å². The minimum absolute atomic E-state index is 0.146. The summed E-state index contributed by atoms with van der Waals surface area (Å²) in [6.07, 6.45) is 1.63. The van der Waals surface area contributed by atoms with Crippen LogP contribution in [-0.4, -0.2) is 61.8 Å². The Labute approximate surface area is 158 Å². The number of benzene rings is 1. The highest BCUT2D eigenvalue weighted by Crippen LogP contribution is 2.23. The molecule has 1 aliphatic heterocycles. The van der Waals surface area contributed by atoms with Crippen LogP contribution in [0.5, 0.6) is 5.75 Å². The van der Waals surface area contributed by atoms with E-state index in [1.807, 2.05) is 13.0 Å². The van der Waals surface area contributed by atoms with Crippen LogP contribution in [0.4, 0.5) is 11.5 Å². The molecule has 1 aromatic heterocycles. The molecule has 8 nitrogen and oxygen atoms in total. The summed E-state index contributed by atoms with van der Waals surface area (Å²) in [5.41, 5.74) is 7.91. The van der Waals surface area contributed by atoms with Gasteiger partial charge in [-0.2, -0.15) is 0 Å². The molecule has 0 aliphatic carbocycles. The van der Waals surface area contributed by atoms with Crippen molar-refractivity contribution < 1.29 is 14.2 Å². The van der Waals surface area contributed by atoms with Gasteiger partial charge >= 0.3 is 0 Å². The highest BCUT2D eigenvalue weighted by Gasteiger charge is 2.19. The minimum Gasteiger partial charge on any atom is -0.491 e. The summed E-state index contributed by atoms with van der Waals surface area (Å²) in [7, 11) is 1.62. The summed E-state index contributed by atoms with van der Waals surface area (Å²) in [5.74, 6) is 1.42. The average molecular weight is 371 g/mol. The first-order valence-electron chi connectivity index (χ1n) is 8.87. The maximum absolute atomic E-state index is 8.58. The Balaban J connectivity index is 1.81. The van der Waals surface area contributed by atoms with Crippen LogP contribution in [0.3, 0.4) is 0 Å². The second-order valence-corrected chi connectivity index (χ2v) is 6.35. The molecule has 1 saturated heterocycles. The number of nitrogens with zero attached hydrogens (tertiary/aromatic N) is 3. The molecule has 1 unspecified atom stereocenters. The number of anilines is 2. The van der Waals surface area contributed by atoms with Crippen molar-refractivity contribution in [2.24, 2.45) is 0 Å². The van der Waals surface area contributed by atoms with Gasteiger partial charge in [-0.15, -0.1) is 0 Å². The number of nitrogen functional groups attached to an aromatic ring is 1. The van der Waals surface area contributed by atoms with Crippen molar-refractivity contribution in [3.05, 3.63) is 41.9 Å². The number of morpholine rings is 1. The SMILES string of the molecule is COCCOc1ccc(N)c(C(=N)c2cc(N3CCOC(C)C3)ncn2)c1. The Morgan fingerprint density at radius 1 is 1.33 bits per heavy atom. The predicted molar refractivity (Wildman–Crippen MR) is 104 cm³/mol. The normalized spacial score (nSPS) is 17.0. The molecular formula is C19H25N5O3. The zero-order valence-electron chi connectivity index (χ0n) is 15.6. The van der Waals surface area contributed by atoms with Crippen LogP contribution in [0.2, 0.25) is 0 Å². The lowest BCUT2D eigenvalue weighted by molar-refractivity contribution is 0.0529. The van der Waals surface area contributed by atoms with Gasteiger partial charge in [0.15, 0.2) is 0 Å². The Morgan fingerprint density at radius 3 is 2.96 bits per heavy atom. The van der Waals surface area contributed by atoms with Crippen molar-refractivity contribution in [2.45, 2.75) is 13.0 Å². The molecule has 1 aliphatic rings. The topological polar surface area (TPSA) is 107 Å². The Kier molecular flexibility index (Phi) is 6.20. The number of rotatable bonds is 7. The van der Waals surface area contributed by atoms with Gasteiger partial charge in [-0.25, -0.2) is 9.97 Å². The maximum atomic E-state index is 8.58. The van der Waals surface area contributed by atoms with Crippen molar-refractivity contribution in [1.29, 1.82) is 5.41 Å². The maximum Gasteiger partial charge on any atom is 0.132 e. The average Bonchev–Trinajstić information content (AvgIpc) is 2.69. The van der Waals surface area contributed by atoms with E-state index in [1.165, 1.54) is 6.33 Å². The lowest BCUT2D eigenvalue weighted by Gasteiger charge is -2.32. The van der Waals surface area contributed by atoms with Gasteiger partial charge in [0.25, 0.3) is 0 Å². The van der Waals surface area contributed by atoms with Crippen LogP contribution in [0.1, 0.15) is 18.2 Å². The molecule has 1 fully saturated rings. The molecule has 0 radical (unpaired) electrons. The van der Waals surface area contributed by atoms with E-state index >= 15 is 0 Å². The summed E-state index contributed by atoms with van der Waals surface area (Å²) in [6.45, 7) is 5.14. The van der Waals surface area contributed by atoms with Crippen LogP contribution in [-0.2, 0) is 9.47 Å². The number of ether oxygens (including phenoxy) is 3. The van der Waals surface area contributed by atoms with E-state index in [0.29, 0.717) is 42.5 Å². The third kappa shape index (κ3) is 4.72. The van der Waals surface area contributed by atoms with Gasteiger partial charge in [0.05, 0.1) is 30.7 Å². The molecule has 0 spiro atoms. The molecule has 3 rings (SSSR count). The van der Waals surface area contributed by atoms with Crippen LogP contribution < -0.4 is 15.4 Å². The molecule has 1 atom stereocenters. The minimum atomic E-state index is 0.146. The molecule has 2 heterocycles. The van der Waals surface area contributed by atoms with Crippen LogP contribution in [0, 0.1) is 5.41 Å².